The van der Waals surface area contributed by atoms with Crippen LogP contribution in [0.4, 0.5) is 0 Å². The number of benzene rings is 4. The fraction of sp³-hybridized carbons (Fsp3) is 0.103. The van der Waals surface area contributed by atoms with Gasteiger partial charge < -0.3 is 29.4 Å². The maximum absolute atomic E-state index is 4.17. The summed E-state index contributed by atoms with van der Waals surface area (Å²) in [5.74, 6) is 0. The van der Waals surface area contributed by atoms with Gasteiger partial charge in [-0.15, -0.1) is 16.7 Å². The first-order valence-corrected chi connectivity index (χ1v) is 15.0. The van der Waals surface area contributed by atoms with E-state index in [0.29, 0.717) is 0 Å². The molecule has 0 fully saturated rings. The minimum Gasteiger partial charge on any atom is -0.179 e. The standard InChI is InChI=1S/C16H11BrN.C13H9.2ClH.S.Zr/c1-18-14-5-3-2-4-13(14)16-12-7-6-11(17)8-10(12)9-15(16)18;1-3-7-12-10(5-1)9-11-6-2-4-8-13(11)12;;;;/h2-7H,9H2,1H3;1-5,7-8H,9H2;2*1H;;/q2*-1;;;;+2/p-2. The summed E-state index contributed by atoms with van der Waals surface area (Å²) in [5.41, 5.74) is 12.3. The molecule has 0 unspecified atom stereocenters. The zero-order chi connectivity index (χ0) is 22.9. The molecule has 5 aromatic rings. The van der Waals surface area contributed by atoms with Crippen LogP contribution in [-0.2, 0) is 42.6 Å². The minimum absolute atomic E-state index is 0. The maximum atomic E-state index is 4.17. The molecule has 0 aliphatic heterocycles. The van der Waals surface area contributed by atoms with Gasteiger partial charge in [-0.05, 0) is 29.9 Å². The summed E-state index contributed by atoms with van der Waals surface area (Å²) in [6.07, 6.45) is 2.03. The third-order valence-corrected chi connectivity index (χ3v) is 6.91. The van der Waals surface area contributed by atoms with Crippen molar-refractivity contribution in [1.29, 1.82) is 0 Å². The summed E-state index contributed by atoms with van der Waals surface area (Å²) in [6, 6.07) is 34.4. The number of nitrogens with zero attached hydrogens (tertiary/aromatic N) is 1. The molecular formula is C29H20BrCl2NSZr-2. The van der Waals surface area contributed by atoms with Gasteiger partial charge >= 0.3 is 31.5 Å². The first kappa shape index (κ1) is 28.2. The van der Waals surface area contributed by atoms with Crippen LogP contribution in [0.2, 0.25) is 0 Å². The molecule has 0 amide bonds. The van der Waals surface area contributed by atoms with Crippen LogP contribution in [0.15, 0.2) is 83.3 Å². The number of aryl methyl sites for hydroxylation is 1. The van der Waals surface area contributed by atoms with Gasteiger partial charge in [0.25, 0.3) is 0 Å². The van der Waals surface area contributed by atoms with Crippen molar-refractivity contribution in [2.75, 3.05) is 0 Å². The summed E-state index contributed by atoms with van der Waals surface area (Å²) in [5, 5.41) is 1.35. The van der Waals surface area contributed by atoms with E-state index in [9.17, 15) is 0 Å². The van der Waals surface area contributed by atoms with Crippen LogP contribution in [0, 0.1) is 12.1 Å². The summed E-state index contributed by atoms with van der Waals surface area (Å²) in [6.45, 7) is 0. The van der Waals surface area contributed by atoms with E-state index in [4.69, 9.17) is 0 Å². The second-order valence-electron chi connectivity index (χ2n) is 8.17. The second-order valence-corrected chi connectivity index (χ2v) is 9.02. The average Bonchev–Trinajstić information content (AvgIpc) is 3.51. The van der Waals surface area contributed by atoms with Crippen molar-refractivity contribution in [3.8, 4) is 22.3 Å². The summed E-state index contributed by atoms with van der Waals surface area (Å²) >= 11 is 4.64. The number of hydrogen-bond donors (Lipinski definition) is 0. The van der Waals surface area contributed by atoms with Crippen molar-refractivity contribution in [3.05, 3.63) is 118 Å². The van der Waals surface area contributed by atoms with E-state index in [-0.39, 0.29) is 24.8 Å². The van der Waals surface area contributed by atoms with E-state index in [1.165, 1.54) is 55.5 Å². The number of para-hydroxylation sites is 1. The largest absolute Gasteiger partial charge is 0.179 e. The van der Waals surface area contributed by atoms with Crippen LogP contribution in [-0.4, -0.2) is 4.57 Å². The van der Waals surface area contributed by atoms with Crippen LogP contribution in [0.1, 0.15) is 22.4 Å². The number of hydrogen-bond acceptors (Lipinski definition) is 1. The van der Waals surface area contributed by atoms with Gasteiger partial charge in [-0.25, -0.2) is 0 Å². The Balaban J connectivity index is 0.000000180. The molecule has 0 spiro atoms. The number of halogens is 3. The van der Waals surface area contributed by atoms with Crippen molar-refractivity contribution in [2.24, 2.45) is 7.05 Å². The number of fused-ring (bicyclic) bond motifs is 8. The molecule has 1 heterocycles. The van der Waals surface area contributed by atoms with Crippen LogP contribution in [0.25, 0.3) is 33.2 Å². The van der Waals surface area contributed by atoms with Gasteiger partial charge in [0, 0.05) is 18.3 Å². The van der Waals surface area contributed by atoms with Crippen LogP contribution in [0.3, 0.4) is 0 Å². The van der Waals surface area contributed by atoms with Crippen molar-refractivity contribution < 1.29 is 47.5 Å². The molecule has 1 nitrogen and oxygen atoms in total. The molecule has 0 atom stereocenters. The normalized spacial score (nSPS) is 11.3. The molecule has 0 radical (unpaired) electrons. The first-order chi connectivity index (χ1) is 16.2. The van der Waals surface area contributed by atoms with Gasteiger partial charge in [0.2, 0.25) is 0 Å². The Labute approximate surface area is 245 Å². The molecule has 2 aliphatic rings. The average molecular weight is 657 g/mol. The van der Waals surface area contributed by atoms with Gasteiger partial charge in [0.05, 0.1) is 0 Å². The van der Waals surface area contributed by atoms with E-state index in [0.717, 1.165) is 40.0 Å². The Morgan fingerprint density at radius 1 is 0.800 bits per heavy atom. The van der Waals surface area contributed by atoms with Gasteiger partial charge in [0.1, 0.15) is 0 Å². The quantitative estimate of drug-likeness (QED) is 0.227. The molecule has 0 N–H and O–H groups in total. The Morgan fingerprint density at radius 2 is 1.51 bits per heavy atom. The molecule has 0 saturated heterocycles. The minimum atomic E-state index is 0. The Kier molecular flexibility index (Phi) is 9.83. The topological polar surface area (TPSA) is 4.93 Å². The molecular weight excluding hydrogens is 636 g/mol. The maximum Gasteiger partial charge on any atom is -0.0253 e. The Morgan fingerprint density at radius 3 is 2.34 bits per heavy atom. The molecule has 6 heteroatoms. The van der Waals surface area contributed by atoms with E-state index in [1.54, 1.807) is 0 Å². The van der Waals surface area contributed by atoms with Crippen LogP contribution < -0.4 is 24.8 Å². The third kappa shape index (κ3) is 5.20. The van der Waals surface area contributed by atoms with E-state index in [1.807, 2.05) is 6.07 Å². The SMILES string of the molecule is Cn1c2c(c3ccccc31)-c1ccc(Br)[c-]c1C2.[Cl-].[Cl-].[S]=[Zr+2].[c-]1cccc2c1Cc1ccccc1-2. The van der Waals surface area contributed by atoms with E-state index >= 15 is 0 Å². The summed E-state index contributed by atoms with van der Waals surface area (Å²) in [4.78, 5) is 0. The molecule has 174 valence electrons. The Bertz CT molecular complexity index is 1450. The van der Waals surface area contributed by atoms with Crippen molar-refractivity contribution >= 4 is 35.7 Å². The molecule has 7 rings (SSSR count). The van der Waals surface area contributed by atoms with Gasteiger partial charge in [-0.1, -0.05) is 74.0 Å². The fourth-order valence-electron chi connectivity index (χ4n) is 5.00. The zero-order valence-electron chi connectivity index (χ0n) is 18.9. The van der Waals surface area contributed by atoms with E-state index < -0.39 is 0 Å². The monoisotopic (exact) mass is 653 g/mol. The van der Waals surface area contributed by atoms with Gasteiger partial charge in [0.15, 0.2) is 0 Å². The van der Waals surface area contributed by atoms with Crippen molar-refractivity contribution in [3.63, 3.8) is 0 Å². The van der Waals surface area contributed by atoms with Crippen molar-refractivity contribution in [2.45, 2.75) is 12.8 Å². The first-order valence-electron chi connectivity index (χ1n) is 10.8. The summed E-state index contributed by atoms with van der Waals surface area (Å²) < 4.78 is 3.35. The third-order valence-electron chi connectivity index (χ3n) is 6.45. The van der Waals surface area contributed by atoms with Crippen LogP contribution in [0.5, 0.6) is 0 Å². The Hall–Kier alpha value is -1.42. The number of aromatic nitrogens is 1. The number of rotatable bonds is 0. The second kappa shape index (κ2) is 12.2. The molecule has 0 saturated carbocycles. The summed E-state index contributed by atoms with van der Waals surface area (Å²) in [7, 11) is 6.33. The smallest absolute Gasteiger partial charge is 0.0253 e. The molecule has 1 aromatic heterocycles. The van der Waals surface area contributed by atoms with Gasteiger partial charge in [-0.3, -0.25) is 0 Å². The van der Waals surface area contributed by atoms with Crippen molar-refractivity contribution in [1.82, 2.24) is 4.57 Å². The van der Waals surface area contributed by atoms with Crippen LogP contribution >= 0.6 is 24.8 Å². The predicted octanol–water partition coefficient (Wildman–Crippen LogP) is 2.02. The molecule has 2 aliphatic carbocycles. The molecule has 0 bridgehead atoms. The fourth-order valence-corrected chi connectivity index (χ4v) is 5.37. The van der Waals surface area contributed by atoms with Gasteiger partial charge in [-0.2, -0.15) is 48.0 Å². The van der Waals surface area contributed by atoms with E-state index in [2.05, 4.69) is 121 Å². The molecule has 35 heavy (non-hydrogen) atoms. The predicted molar refractivity (Wildman–Crippen MR) is 139 cm³/mol. The zero-order valence-corrected chi connectivity index (χ0v) is 25.3. The molecule has 4 aromatic carbocycles.